The van der Waals surface area contributed by atoms with Crippen molar-refractivity contribution < 1.29 is 13.8 Å². The van der Waals surface area contributed by atoms with Crippen molar-refractivity contribution in [1.29, 1.82) is 0 Å². The first-order valence-corrected chi connectivity index (χ1v) is 8.96. The maximum atomic E-state index is 12.2. The summed E-state index contributed by atoms with van der Waals surface area (Å²) in [5, 5.41) is 11.1. The van der Waals surface area contributed by atoms with Gasteiger partial charge >= 0.3 is 0 Å². The molecule has 1 amide bonds. The lowest BCUT2D eigenvalue weighted by molar-refractivity contribution is 0.0944. The predicted octanol–water partition coefficient (Wildman–Crippen LogP) is 4.02. The Labute approximate surface area is 165 Å². The van der Waals surface area contributed by atoms with Gasteiger partial charge in [-0.15, -0.1) is 0 Å². The number of aromatic nitrogens is 3. The summed E-state index contributed by atoms with van der Waals surface area (Å²) in [5.41, 5.74) is 1.86. The minimum atomic E-state index is -0.341. The third kappa shape index (κ3) is 4.10. The van der Waals surface area contributed by atoms with Gasteiger partial charge in [0.1, 0.15) is 0 Å². The molecular formula is C20H15ClN4O3. The number of benzene rings is 2. The van der Waals surface area contributed by atoms with Crippen LogP contribution >= 0.6 is 11.6 Å². The second-order valence-corrected chi connectivity index (χ2v) is 6.40. The first-order valence-electron chi connectivity index (χ1n) is 8.58. The molecule has 0 radical (unpaired) electrons. The number of amides is 1. The SMILES string of the molecule is O=C(NCCc1nc(-c2ccccc2)no1)c1cc(-c2ccc(Cl)cc2)on1. The Morgan fingerprint density at radius 3 is 2.54 bits per heavy atom. The molecule has 8 heteroatoms. The normalized spacial score (nSPS) is 10.8. The molecular weight excluding hydrogens is 380 g/mol. The van der Waals surface area contributed by atoms with Gasteiger partial charge in [-0.05, 0) is 24.3 Å². The second-order valence-electron chi connectivity index (χ2n) is 5.97. The number of hydrogen-bond donors (Lipinski definition) is 1. The highest BCUT2D eigenvalue weighted by Gasteiger charge is 2.14. The molecule has 0 bridgehead atoms. The standard InChI is InChI=1S/C20H15ClN4O3/c21-15-8-6-13(7-9-15)17-12-16(24-27-17)20(26)22-11-10-18-23-19(25-28-18)14-4-2-1-3-5-14/h1-9,12H,10-11H2,(H,22,26). The van der Waals surface area contributed by atoms with Gasteiger partial charge in [0.2, 0.25) is 11.7 Å². The van der Waals surface area contributed by atoms with Crippen LogP contribution in [-0.4, -0.2) is 27.7 Å². The van der Waals surface area contributed by atoms with E-state index in [0.29, 0.717) is 35.5 Å². The zero-order chi connectivity index (χ0) is 19.3. The highest BCUT2D eigenvalue weighted by molar-refractivity contribution is 6.30. The maximum absolute atomic E-state index is 12.2. The zero-order valence-electron chi connectivity index (χ0n) is 14.6. The highest BCUT2D eigenvalue weighted by atomic mass is 35.5. The van der Waals surface area contributed by atoms with Gasteiger partial charge in [-0.2, -0.15) is 4.98 Å². The van der Waals surface area contributed by atoms with Crippen molar-refractivity contribution in [3.63, 3.8) is 0 Å². The first-order chi connectivity index (χ1) is 13.7. The molecule has 0 aliphatic heterocycles. The molecule has 2 aromatic carbocycles. The molecule has 2 heterocycles. The van der Waals surface area contributed by atoms with Crippen LogP contribution in [0, 0.1) is 0 Å². The van der Waals surface area contributed by atoms with Gasteiger partial charge in [-0.3, -0.25) is 4.79 Å². The molecule has 140 valence electrons. The molecule has 0 saturated carbocycles. The van der Waals surface area contributed by atoms with Crippen LogP contribution in [0.2, 0.25) is 5.02 Å². The molecule has 1 N–H and O–H groups in total. The number of carbonyl (C=O) groups excluding carboxylic acids is 1. The monoisotopic (exact) mass is 394 g/mol. The van der Waals surface area contributed by atoms with Gasteiger partial charge in [0.05, 0.1) is 0 Å². The largest absolute Gasteiger partial charge is 0.355 e. The topological polar surface area (TPSA) is 94.1 Å². The minimum Gasteiger partial charge on any atom is -0.355 e. The van der Waals surface area contributed by atoms with E-state index < -0.39 is 0 Å². The highest BCUT2D eigenvalue weighted by Crippen LogP contribution is 2.22. The summed E-state index contributed by atoms with van der Waals surface area (Å²) in [5.74, 6) is 1.12. The quantitative estimate of drug-likeness (QED) is 0.530. The zero-order valence-corrected chi connectivity index (χ0v) is 15.4. The van der Waals surface area contributed by atoms with Gasteiger partial charge < -0.3 is 14.4 Å². The summed E-state index contributed by atoms with van der Waals surface area (Å²) in [6, 6.07) is 18.2. The van der Waals surface area contributed by atoms with E-state index in [0.717, 1.165) is 11.1 Å². The molecule has 0 fully saturated rings. The number of nitrogens with one attached hydrogen (secondary N) is 1. The van der Waals surface area contributed by atoms with Crippen molar-refractivity contribution >= 4 is 17.5 Å². The molecule has 0 atom stereocenters. The molecule has 0 aliphatic rings. The molecule has 7 nitrogen and oxygen atoms in total. The number of halogens is 1. The maximum Gasteiger partial charge on any atom is 0.273 e. The van der Waals surface area contributed by atoms with Crippen LogP contribution in [0.15, 0.2) is 69.7 Å². The van der Waals surface area contributed by atoms with E-state index in [1.165, 1.54) is 0 Å². The summed E-state index contributed by atoms with van der Waals surface area (Å²) in [4.78, 5) is 16.6. The number of hydrogen-bond acceptors (Lipinski definition) is 6. The van der Waals surface area contributed by atoms with Crippen LogP contribution in [0.4, 0.5) is 0 Å². The third-order valence-electron chi connectivity index (χ3n) is 4.00. The third-order valence-corrected chi connectivity index (χ3v) is 4.25. The van der Waals surface area contributed by atoms with Crippen molar-refractivity contribution in [2.24, 2.45) is 0 Å². The Morgan fingerprint density at radius 2 is 1.75 bits per heavy atom. The van der Waals surface area contributed by atoms with Crippen LogP contribution < -0.4 is 5.32 Å². The van der Waals surface area contributed by atoms with Gasteiger partial charge in [0.25, 0.3) is 5.91 Å². The average Bonchev–Trinajstić information content (AvgIpc) is 3.39. The fourth-order valence-electron chi connectivity index (χ4n) is 2.57. The fourth-order valence-corrected chi connectivity index (χ4v) is 2.69. The summed E-state index contributed by atoms with van der Waals surface area (Å²) in [6.07, 6.45) is 0.410. The van der Waals surface area contributed by atoms with Crippen molar-refractivity contribution in [3.8, 4) is 22.7 Å². The summed E-state index contributed by atoms with van der Waals surface area (Å²) >= 11 is 5.87. The number of rotatable bonds is 6. The van der Waals surface area contributed by atoms with Gasteiger partial charge in [-0.1, -0.05) is 52.2 Å². The number of carbonyl (C=O) groups is 1. The summed E-state index contributed by atoms with van der Waals surface area (Å²) in [6.45, 7) is 0.332. The minimum absolute atomic E-state index is 0.195. The van der Waals surface area contributed by atoms with E-state index >= 15 is 0 Å². The number of nitrogens with zero attached hydrogens (tertiary/aromatic N) is 3. The van der Waals surface area contributed by atoms with E-state index in [2.05, 4.69) is 20.6 Å². The first kappa shape index (κ1) is 17.9. The molecule has 4 rings (SSSR count). The Kier molecular flexibility index (Phi) is 5.16. The van der Waals surface area contributed by atoms with Crippen LogP contribution in [0.25, 0.3) is 22.7 Å². The second kappa shape index (κ2) is 8.06. The van der Waals surface area contributed by atoms with E-state index in [1.807, 2.05) is 30.3 Å². The average molecular weight is 395 g/mol. The summed E-state index contributed by atoms with van der Waals surface area (Å²) < 4.78 is 10.5. The van der Waals surface area contributed by atoms with Crippen LogP contribution in [-0.2, 0) is 6.42 Å². The van der Waals surface area contributed by atoms with Gasteiger partial charge in [-0.25, -0.2) is 0 Å². The Hall–Kier alpha value is -3.45. The lowest BCUT2D eigenvalue weighted by Gasteiger charge is -1.99. The van der Waals surface area contributed by atoms with Crippen LogP contribution in [0.3, 0.4) is 0 Å². The van der Waals surface area contributed by atoms with Gasteiger partial charge in [0, 0.05) is 35.2 Å². The van der Waals surface area contributed by atoms with E-state index in [4.69, 9.17) is 20.6 Å². The predicted molar refractivity (Wildman–Crippen MR) is 103 cm³/mol. The molecule has 0 unspecified atom stereocenters. The smallest absolute Gasteiger partial charge is 0.273 e. The van der Waals surface area contributed by atoms with Gasteiger partial charge in [0.15, 0.2) is 11.5 Å². The van der Waals surface area contributed by atoms with E-state index in [1.54, 1.807) is 30.3 Å². The lowest BCUT2D eigenvalue weighted by Crippen LogP contribution is -2.26. The molecule has 2 aromatic heterocycles. The Balaban J connectivity index is 1.33. The van der Waals surface area contributed by atoms with Crippen molar-refractivity contribution in [2.45, 2.75) is 6.42 Å². The molecule has 0 saturated heterocycles. The Bertz CT molecular complexity index is 1070. The van der Waals surface area contributed by atoms with Crippen LogP contribution in [0.1, 0.15) is 16.4 Å². The summed E-state index contributed by atoms with van der Waals surface area (Å²) in [7, 11) is 0. The van der Waals surface area contributed by atoms with Crippen molar-refractivity contribution in [2.75, 3.05) is 6.54 Å². The van der Waals surface area contributed by atoms with E-state index in [-0.39, 0.29) is 11.6 Å². The fraction of sp³-hybridized carbons (Fsp3) is 0.100. The lowest BCUT2D eigenvalue weighted by atomic mass is 10.1. The van der Waals surface area contributed by atoms with E-state index in [9.17, 15) is 4.79 Å². The van der Waals surface area contributed by atoms with Crippen molar-refractivity contribution in [1.82, 2.24) is 20.6 Å². The molecule has 4 aromatic rings. The van der Waals surface area contributed by atoms with Crippen molar-refractivity contribution in [3.05, 3.63) is 77.3 Å². The Morgan fingerprint density at radius 1 is 0.964 bits per heavy atom. The molecule has 0 spiro atoms. The molecule has 0 aliphatic carbocycles. The van der Waals surface area contributed by atoms with Crippen LogP contribution in [0.5, 0.6) is 0 Å². The molecule has 28 heavy (non-hydrogen) atoms.